The Morgan fingerprint density at radius 1 is 0.969 bits per heavy atom. The molecule has 0 unspecified atom stereocenters. The van der Waals surface area contributed by atoms with Crippen molar-refractivity contribution in [1.29, 1.82) is 0 Å². The Hall–Kier alpha value is -2.79. The standard InChI is InChI=1S/C27H36N2O3/c1-4-6-15-29(16-7-5-2)17-8-18-31-23-12-9-21(10-13-23)27(30)26-20(3)32-25-14-11-22(28)19-24(25)26/h9-14,19H,4-8,15-18,28H2,1-3H3. The number of nitrogen functional groups attached to an aromatic ring is 1. The highest BCUT2D eigenvalue weighted by atomic mass is 16.5. The second kappa shape index (κ2) is 11.7. The van der Waals surface area contributed by atoms with Gasteiger partial charge in [-0.1, -0.05) is 26.7 Å². The Balaban J connectivity index is 1.57. The molecule has 0 atom stereocenters. The van der Waals surface area contributed by atoms with Gasteiger partial charge in [-0.05, 0) is 81.7 Å². The van der Waals surface area contributed by atoms with Crippen LogP contribution in [0.4, 0.5) is 5.69 Å². The summed E-state index contributed by atoms with van der Waals surface area (Å²) in [5.41, 5.74) is 8.37. The molecule has 3 aromatic rings. The maximum Gasteiger partial charge on any atom is 0.197 e. The Labute approximate surface area is 191 Å². The van der Waals surface area contributed by atoms with Crippen molar-refractivity contribution in [3.8, 4) is 5.75 Å². The van der Waals surface area contributed by atoms with E-state index in [9.17, 15) is 4.79 Å². The van der Waals surface area contributed by atoms with E-state index in [1.807, 2.05) is 31.2 Å². The molecule has 0 aliphatic rings. The fourth-order valence-corrected chi connectivity index (χ4v) is 3.94. The highest BCUT2D eigenvalue weighted by Gasteiger charge is 2.20. The van der Waals surface area contributed by atoms with E-state index in [-0.39, 0.29) is 5.78 Å². The molecule has 2 N–H and O–H groups in total. The summed E-state index contributed by atoms with van der Waals surface area (Å²) in [4.78, 5) is 15.7. The van der Waals surface area contributed by atoms with Crippen molar-refractivity contribution in [3.05, 3.63) is 59.4 Å². The quantitative estimate of drug-likeness (QED) is 0.195. The minimum absolute atomic E-state index is 0.0686. The van der Waals surface area contributed by atoms with E-state index in [2.05, 4.69) is 18.7 Å². The fourth-order valence-electron chi connectivity index (χ4n) is 3.94. The van der Waals surface area contributed by atoms with Crippen molar-refractivity contribution < 1.29 is 13.9 Å². The van der Waals surface area contributed by atoms with E-state index < -0.39 is 0 Å². The predicted octanol–water partition coefficient (Wildman–Crippen LogP) is 6.23. The van der Waals surface area contributed by atoms with Crippen molar-refractivity contribution >= 4 is 22.4 Å². The number of fused-ring (bicyclic) bond motifs is 1. The third kappa shape index (κ3) is 6.13. The van der Waals surface area contributed by atoms with Crippen molar-refractivity contribution in [2.75, 3.05) is 32.0 Å². The summed E-state index contributed by atoms with van der Waals surface area (Å²) in [7, 11) is 0. The number of furan rings is 1. The summed E-state index contributed by atoms with van der Waals surface area (Å²) >= 11 is 0. The van der Waals surface area contributed by atoms with Crippen LogP contribution in [-0.4, -0.2) is 36.9 Å². The Morgan fingerprint density at radius 2 is 1.62 bits per heavy atom. The Morgan fingerprint density at radius 3 is 2.28 bits per heavy atom. The van der Waals surface area contributed by atoms with Gasteiger partial charge in [0.25, 0.3) is 0 Å². The minimum atomic E-state index is -0.0686. The van der Waals surface area contributed by atoms with Crippen LogP contribution in [0.1, 0.15) is 67.6 Å². The maximum absolute atomic E-state index is 13.1. The Kier molecular flexibility index (Phi) is 8.74. The van der Waals surface area contributed by atoms with Crippen LogP contribution >= 0.6 is 0 Å². The summed E-state index contributed by atoms with van der Waals surface area (Å²) in [5, 5.41) is 0.753. The van der Waals surface area contributed by atoms with E-state index >= 15 is 0 Å². The first-order valence-electron chi connectivity index (χ1n) is 11.8. The summed E-state index contributed by atoms with van der Waals surface area (Å²) in [6, 6.07) is 12.7. The van der Waals surface area contributed by atoms with E-state index in [0.717, 1.165) is 24.1 Å². The molecule has 0 saturated heterocycles. The number of carbonyl (C=O) groups excluding carboxylic acids is 1. The summed E-state index contributed by atoms with van der Waals surface area (Å²) in [5.74, 6) is 1.32. The number of unbranched alkanes of at least 4 members (excludes halogenated alkanes) is 2. The van der Waals surface area contributed by atoms with Crippen LogP contribution in [0.3, 0.4) is 0 Å². The van der Waals surface area contributed by atoms with Crippen molar-refractivity contribution in [1.82, 2.24) is 4.90 Å². The average molecular weight is 437 g/mol. The van der Waals surface area contributed by atoms with Gasteiger partial charge in [0.1, 0.15) is 17.1 Å². The van der Waals surface area contributed by atoms with Gasteiger partial charge in [0.15, 0.2) is 5.78 Å². The van der Waals surface area contributed by atoms with Crippen molar-refractivity contribution in [2.45, 2.75) is 52.9 Å². The molecule has 5 nitrogen and oxygen atoms in total. The van der Waals surface area contributed by atoms with Crippen LogP contribution in [0.5, 0.6) is 5.75 Å². The molecule has 0 aliphatic heterocycles. The third-order valence-corrected chi connectivity index (χ3v) is 5.77. The van der Waals surface area contributed by atoms with Crippen LogP contribution in [-0.2, 0) is 0 Å². The van der Waals surface area contributed by atoms with Crippen LogP contribution < -0.4 is 10.5 Å². The number of anilines is 1. The molecule has 3 rings (SSSR count). The first-order valence-corrected chi connectivity index (χ1v) is 11.8. The van der Waals surface area contributed by atoms with Gasteiger partial charge >= 0.3 is 0 Å². The number of carbonyl (C=O) groups is 1. The molecule has 0 aliphatic carbocycles. The average Bonchev–Trinajstić information content (AvgIpc) is 3.12. The van der Waals surface area contributed by atoms with Gasteiger partial charge in [-0.25, -0.2) is 0 Å². The Bertz CT molecular complexity index is 1000. The van der Waals surface area contributed by atoms with Crippen LogP contribution in [0.2, 0.25) is 0 Å². The molecule has 1 heterocycles. The zero-order valence-corrected chi connectivity index (χ0v) is 19.7. The van der Waals surface area contributed by atoms with Crippen LogP contribution in [0, 0.1) is 6.92 Å². The smallest absolute Gasteiger partial charge is 0.197 e. The number of ketones is 1. The summed E-state index contributed by atoms with van der Waals surface area (Å²) in [6.45, 7) is 10.4. The van der Waals surface area contributed by atoms with Gasteiger partial charge in [0.2, 0.25) is 0 Å². The summed E-state index contributed by atoms with van der Waals surface area (Å²) in [6.07, 6.45) is 5.95. The predicted molar refractivity (Wildman–Crippen MR) is 132 cm³/mol. The largest absolute Gasteiger partial charge is 0.494 e. The SMILES string of the molecule is CCCCN(CCCC)CCCOc1ccc(C(=O)c2c(C)oc3ccc(N)cc23)cc1. The highest BCUT2D eigenvalue weighted by Crippen LogP contribution is 2.29. The molecule has 0 bridgehead atoms. The van der Waals surface area contributed by atoms with Gasteiger partial charge in [0, 0.05) is 23.2 Å². The topological polar surface area (TPSA) is 68.7 Å². The molecule has 0 amide bonds. The molecule has 1 aromatic heterocycles. The molecule has 0 spiro atoms. The number of benzene rings is 2. The van der Waals surface area contributed by atoms with Gasteiger partial charge in [0.05, 0.1) is 12.2 Å². The molecule has 0 fully saturated rings. The van der Waals surface area contributed by atoms with E-state index in [4.69, 9.17) is 14.9 Å². The molecule has 2 aromatic carbocycles. The van der Waals surface area contributed by atoms with Crippen molar-refractivity contribution in [3.63, 3.8) is 0 Å². The molecule has 172 valence electrons. The molecule has 5 heteroatoms. The summed E-state index contributed by atoms with van der Waals surface area (Å²) < 4.78 is 11.7. The molecular weight excluding hydrogens is 400 g/mol. The van der Waals surface area contributed by atoms with Crippen LogP contribution in [0.15, 0.2) is 46.9 Å². The van der Waals surface area contributed by atoms with Crippen molar-refractivity contribution in [2.24, 2.45) is 0 Å². The van der Waals surface area contributed by atoms with E-state index in [1.54, 1.807) is 18.2 Å². The molecule has 0 saturated carbocycles. The van der Waals surface area contributed by atoms with Gasteiger partial charge in [-0.2, -0.15) is 0 Å². The zero-order chi connectivity index (χ0) is 22.9. The maximum atomic E-state index is 13.1. The highest BCUT2D eigenvalue weighted by molar-refractivity contribution is 6.17. The molecule has 32 heavy (non-hydrogen) atoms. The fraction of sp³-hybridized carbons (Fsp3) is 0.444. The first kappa shape index (κ1) is 23.9. The van der Waals surface area contributed by atoms with Gasteiger partial charge in [-0.3, -0.25) is 4.79 Å². The lowest BCUT2D eigenvalue weighted by Crippen LogP contribution is -2.28. The molecule has 0 radical (unpaired) electrons. The number of hydrogen-bond donors (Lipinski definition) is 1. The number of nitrogens with zero attached hydrogens (tertiary/aromatic N) is 1. The number of ether oxygens (including phenoxy) is 1. The first-order chi connectivity index (χ1) is 15.5. The number of nitrogens with two attached hydrogens (primary N) is 1. The van der Waals surface area contributed by atoms with E-state index in [1.165, 1.54) is 38.8 Å². The zero-order valence-electron chi connectivity index (χ0n) is 19.7. The van der Waals surface area contributed by atoms with Gasteiger partial charge in [-0.15, -0.1) is 0 Å². The lowest BCUT2D eigenvalue weighted by atomic mass is 10.00. The molecular formula is C27H36N2O3. The normalized spacial score (nSPS) is 11.4. The van der Waals surface area contributed by atoms with E-state index in [0.29, 0.717) is 34.8 Å². The third-order valence-electron chi connectivity index (χ3n) is 5.77. The number of rotatable bonds is 13. The second-order valence-corrected chi connectivity index (χ2v) is 8.39. The monoisotopic (exact) mass is 436 g/mol. The lowest BCUT2D eigenvalue weighted by molar-refractivity contribution is 0.103. The lowest BCUT2D eigenvalue weighted by Gasteiger charge is -2.21. The number of hydrogen-bond acceptors (Lipinski definition) is 5. The second-order valence-electron chi connectivity index (χ2n) is 8.39. The van der Waals surface area contributed by atoms with Gasteiger partial charge < -0.3 is 19.8 Å². The number of aryl methyl sites for hydroxylation is 1. The van der Waals surface area contributed by atoms with Crippen LogP contribution in [0.25, 0.3) is 11.0 Å². The minimum Gasteiger partial charge on any atom is -0.494 e.